The molecular formula is C22H26N2O2. The molecule has 3 atom stereocenters. The van der Waals surface area contributed by atoms with Gasteiger partial charge < -0.3 is 9.64 Å². The highest BCUT2D eigenvalue weighted by Crippen LogP contribution is 2.39. The van der Waals surface area contributed by atoms with Crippen LogP contribution in [0, 0.1) is 0 Å². The Morgan fingerprint density at radius 1 is 1.12 bits per heavy atom. The molecule has 0 saturated carbocycles. The lowest BCUT2D eigenvalue weighted by Crippen LogP contribution is -2.50. The second-order valence-corrected chi connectivity index (χ2v) is 7.38. The van der Waals surface area contributed by atoms with Crippen molar-refractivity contribution in [3.8, 4) is 5.88 Å². The first-order chi connectivity index (χ1) is 12.8. The molecule has 1 aromatic heterocycles. The number of aromatic nitrogens is 1. The minimum absolute atomic E-state index is 0.0347. The number of amides is 1. The van der Waals surface area contributed by atoms with Crippen LogP contribution in [0.4, 0.5) is 0 Å². The summed E-state index contributed by atoms with van der Waals surface area (Å²) in [7, 11) is 0. The fraction of sp³-hybridized carbons (Fsp3) is 0.455. The molecule has 26 heavy (non-hydrogen) atoms. The number of nitrogens with zero attached hydrogens (tertiary/aromatic N) is 2. The summed E-state index contributed by atoms with van der Waals surface area (Å²) in [6.07, 6.45) is 6.74. The molecule has 2 aliphatic heterocycles. The van der Waals surface area contributed by atoms with Crippen LogP contribution in [0.1, 0.15) is 50.5 Å². The average Bonchev–Trinajstić information content (AvgIpc) is 2.95. The molecule has 3 heterocycles. The van der Waals surface area contributed by atoms with Gasteiger partial charge in [-0.1, -0.05) is 43.3 Å². The zero-order valence-corrected chi connectivity index (χ0v) is 15.3. The van der Waals surface area contributed by atoms with Crippen molar-refractivity contribution in [1.29, 1.82) is 0 Å². The summed E-state index contributed by atoms with van der Waals surface area (Å²) in [5, 5.41) is 0. The molecular weight excluding hydrogens is 324 g/mol. The summed E-state index contributed by atoms with van der Waals surface area (Å²) >= 11 is 0. The smallest absolute Gasteiger partial charge is 0.230 e. The Morgan fingerprint density at radius 2 is 1.81 bits per heavy atom. The molecule has 4 heteroatoms. The van der Waals surface area contributed by atoms with Crippen molar-refractivity contribution in [2.24, 2.45) is 0 Å². The van der Waals surface area contributed by atoms with Crippen LogP contribution < -0.4 is 4.74 Å². The number of pyridine rings is 1. The molecule has 0 aliphatic carbocycles. The molecule has 0 radical (unpaired) electrons. The Balaban J connectivity index is 1.47. The molecule has 2 aromatic rings. The predicted molar refractivity (Wildman–Crippen MR) is 101 cm³/mol. The van der Waals surface area contributed by atoms with Gasteiger partial charge in [0.15, 0.2) is 0 Å². The fourth-order valence-electron chi connectivity index (χ4n) is 4.59. The van der Waals surface area contributed by atoms with Gasteiger partial charge in [0.05, 0.1) is 5.92 Å². The summed E-state index contributed by atoms with van der Waals surface area (Å²) in [5.41, 5.74) is 1.13. The first kappa shape index (κ1) is 17.1. The van der Waals surface area contributed by atoms with Crippen LogP contribution >= 0.6 is 0 Å². The zero-order valence-electron chi connectivity index (χ0n) is 15.3. The van der Waals surface area contributed by atoms with E-state index in [9.17, 15) is 4.79 Å². The number of ether oxygens (including phenoxy) is 1. The van der Waals surface area contributed by atoms with Crippen molar-refractivity contribution >= 4 is 5.91 Å². The lowest BCUT2D eigenvalue weighted by atomic mass is 9.91. The van der Waals surface area contributed by atoms with E-state index in [0.29, 0.717) is 23.9 Å². The number of hydrogen-bond acceptors (Lipinski definition) is 3. The van der Waals surface area contributed by atoms with E-state index in [1.807, 2.05) is 36.4 Å². The second kappa shape index (κ2) is 7.48. The van der Waals surface area contributed by atoms with Gasteiger partial charge >= 0.3 is 0 Å². The molecule has 2 aliphatic rings. The van der Waals surface area contributed by atoms with E-state index in [4.69, 9.17) is 4.74 Å². The van der Waals surface area contributed by atoms with Gasteiger partial charge in [0.2, 0.25) is 11.8 Å². The summed E-state index contributed by atoms with van der Waals surface area (Å²) in [4.78, 5) is 19.8. The van der Waals surface area contributed by atoms with Crippen molar-refractivity contribution in [3.63, 3.8) is 0 Å². The van der Waals surface area contributed by atoms with Gasteiger partial charge in [-0.2, -0.15) is 0 Å². The largest absolute Gasteiger partial charge is 0.474 e. The van der Waals surface area contributed by atoms with E-state index in [1.54, 1.807) is 6.20 Å². The monoisotopic (exact) mass is 350 g/mol. The van der Waals surface area contributed by atoms with Crippen LogP contribution in [0.3, 0.4) is 0 Å². The van der Waals surface area contributed by atoms with Crippen molar-refractivity contribution in [2.75, 3.05) is 0 Å². The molecule has 1 aromatic carbocycles. The number of hydrogen-bond donors (Lipinski definition) is 0. The molecule has 2 saturated heterocycles. The maximum absolute atomic E-state index is 13.3. The Hall–Kier alpha value is -2.36. The van der Waals surface area contributed by atoms with Crippen LogP contribution in [0.2, 0.25) is 0 Å². The molecule has 4 rings (SSSR count). The highest BCUT2D eigenvalue weighted by Gasteiger charge is 2.45. The van der Waals surface area contributed by atoms with E-state index in [0.717, 1.165) is 37.7 Å². The van der Waals surface area contributed by atoms with E-state index < -0.39 is 0 Å². The molecule has 4 nitrogen and oxygen atoms in total. The molecule has 1 amide bonds. The summed E-state index contributed by atoms with van der Waals surface area (Å²) in [5.74, 6) is 0.947. The van der Waals surface area contributed by atoms with E-state index in [1.165, 1.54) is 0 Å². The Labute approximate surface area is 155 Å². The Morgan fingerprint density at radius 3 is 2.42 bits per heavy atom. The van der Waals surface area contributed by atoms with E-state index in [2.05, 4.69) is 28.9 Å². The molecule has 2 fully saturated rings. The van der Waals surface area contributed by atoms with E-state index >= 15 is 0 Å². The van der Waals surface area contributed by atoms with Crippen LogP contribution in [-0.4, -0.2) is 34.0 Å². The van der Waals surface area contributed by atoms with E-state index in [-0.39, 0.29) is 12.0 Å². The predicted octanol–water partition coefficient (Wildman–Crippen LogP) is 4.18. The maximum atomic E-state index is 13.3. The van der Waals surface area contributed by atoms with Crippen molar-refractivity contribution in [2.45, 2.75) is 63.1 Å². The molecule has 2 bridgehead atoms. The minimum Gasteiger partial charge on any atom is -0.474 e. The van der Waals surface area contributed by atoms with Crippen molar-refractivity contribution in [3.05, 3.63) is 60.3 Å². The van der Waals surface area contributed by atoms with Gasteiger partial charge in [0.1, 0.15) is 6.10 Å². The first-order valence-corrected chi connectivity index (χ1v) is 9.71. The third-order valence-electron chi connectivity index (χ3n) is 5.78. The SMILES string of the molecule is CCC(C(=O)N1C2CCC1CC(Oc1ccccn1)C2)c1ccccc1. The van der Waals surface area contributed by atoms with Crippen molar-refractivity contribution < 1.29 is 9.53 Å². The minimum atomic E-state index is -0.0347. The Bertz CT molecular complexity index is 720. The topological polar surface area (TPSA) is 42.4 Å². The normalized spacial score (nSPS) is 25.7. The Kier molecular flexibility index (Phi) is 4.91. The number of benzene rings is 1. The average molecular weight is 350 g/mol. The number of carbonyl (C=O) groups excluding carboxylic acids is 1. The maximum Gasteiger partial charge on any atom is 0.230 e. The molecule has 3 unspecified atom stereocenters. The third kappa shape index (κ3) is 3.33. The zero-order chi connectivity index (χ0) is 17.9. The lowest BCUT2D eigenvalue weighted by molar-refractivity contribution is -0.138. The van der Waals surface area contributed by atoms with Gasteiger partial charge in [0, 0.05) is 37.2 Å². The van der Waals surface area contributed by atoms with Crippen LogP contribution in [0.25, 0.3) is 0 Å². The van der Waals surface area contributed by atoms with Gasteiger partial charge in [0.25, 0.3) is 0 Å². The third-order valence-corrected chi connectivity index (χ3v) is 5.78. The summed E-state index contributed by atoms with van der Waals surface area (Å²) in [6, 6.07) is 16.5. The number of fused-ring (bicyclic) bond motifs is 2. The molecule has 136 valence electrons. The first-order valence-electron chi connectivity index (χ1n) is 9.71. The highest BCUT2D eigenvalue weighted by molar-refractivity contribution is 5.84. The number of carbonyl (C=O) groups is 1. The van der Waals surface area contributed by atoms with Crippen LogP contribution in [0.5, 0.6) is 5.88 Å². The van der Waals surface area contributed by atoms with Gasteiger partial charge in [-0.15, -0.1) is 0 Å². The van der Waals surface area contributed by atoms with Gasteiger partial charge in [-0.25, -0.2) is 4.98 Å². The van der Waals surface area contributed by atoms with Crippen molar-refractivity contribution in [1.82, 2.24) is 9.88 Å². The highest BCUT2D eigenvalue weighted by atomic mass is 16.5. The van der Waals surface area contributed by atoms with Crippen LogP contribution in [0.15, 0.2) is 54.7 Å². The summed E-state index contributed by atoms with van der Waals surface area (Å²) < 4.78 is 6.09. The van der Waals surface area contributed by atoms with Gasteiger partial charge in [-0.05, 0) is 30.9 Å². The van der Waals surface area contributed by atoms with Crippen LogP contribution in [-0.2, 0) is 4.79 Å². The number of rotatable bonds is 5. The lowest BCUT2D eigenvalue weighted by Gasteiger charge is -2.40. The standard InChI is InChI=1S/C22H26N2O2/c1-2-20(16-8-4-3-5-9-16)22(25)24-17-11-12-18(24)15-19(14-17)26-21-10-6-7-13-23-21/h3-10,13,17-20H,2,11-12,14-15H2,1H3. The molecule has 0 N–H and O–H groups in total. The van der Waals surface area contributed by atoms with Gasteiger partial charge in [-0.3, -0.25) is 4.79 Å². The molecule has 0 spiro atoms. The second-order valence-electron chi connectivity index (χ2n) is 7.38. The quantitative estimate of drug-likeness (QED) is 0.812. The summed E-state index contributed by atoms with van der Waals surface area (Å²) in [6.45, 7) is 2.11. The number of piperidine rings is 1. The fourth-order valence-corrected chi connectivity index (χ4v) is 4.59.